The molecular weight excluding hydrogens is 304 g/mol. The summed E-state index contributed by atoms with van der Waals surface area (Å²) in [4.78, 5) is 8.83. The van der Waals surface area contributed by atoms with E-state index in [4.69, 9.17) is 5.73 Å². The number of fused-ring (bicyclic) bond motifs is 1. The maximum atomic E-state index is 6.03. The zero-order chi connectivity index (χ0) is 13.8. The highest BCUT2D eigenvalue weighted by Gasteiger charge is 2.14. The highest BCUT2D eigenvalue weighted by atomic mass is 79.9. The summed E-state index contributed by atoms with van der Waals surface area (Å²) in [5, 5.41) is 0. The number of rotatable bonds is 6. The first-order valence-electron chi connectivity index (χ1n) is 6.93. The van der Waals surface area contributed by atoms with Crippen LogP contribution in [0.2, 0.25) is 0 Å². The van der Waals surface area contributed by atoms with Crippen LogP contribution in [0, 0.1) is 5.92 Å². The van der Waals surface area contributed by atoms with Gasteiger partial charge in [0.1, 0.15) is 5.52 Å². The molecule has 0 spiro atoms. The third kappa shape index (κ3) is 3.26. The first-order chi connectivity index (χ1) is 9.15. The lowest BCUT2D eigenvalue weighted by Crippen LogP contribution is -2.13. The number of unbranched alkanes of at least 4 members (excludes halogenated alkanes) is 1. The fourth-order valence-corrected chi connectivity index (χ4v) is 2.68. The van der Waals surface area contributed by atoms with Gasteiger partial charge in [-0.1, -0.05) is 33.1 Å². The van der Waals surface area contributed by atoms with E-state index < -0.39 is 0 Å². The van der Waals surface area contributed by atoms with E-state index in [-0.39, 0.29) is 0 Å². The zero-order valence-corrected chi connectivity index (χ0v) is 13.2. The van der Waals surface area contributed by atoms with E-state index in [1.165, 1.54) is 19.3 Å². The number of imidazole rings is 1. The van der Waals surface area contributed by atoms with Crippen LogP contribution < -0.4 is 5.73 Å². The molecule has 2 heterocycles. The van der Waals surface area contributed by atoms with Gasteiger partial charge in [0.05, 0.1) is 0 Å². The number of anilines is 1. The van der Waals surface area contributed by atoms with Gasteiger partial charge < -0.3 is 5.73 Å². The number of pyridine rings is 1. The Labute approximate surface area is 122 Å². The molecule has 104 valence electrons. The fraction of sp³-hybridized carbons (Fsp3) is 0.571. The van der Waals surface area contributed by atoms with Gasteiger partial charge in [0, 0.05) is 17.2 Å². The molecule has 0 aliphatic rings. The van der Waals surface area contributed by atoms with Gasteiger partial charge in [-0.15, -0.1) is 0 Å². The molecule has 0 aliphatic heterocycles. The Kier molecular flexibility index (Phi) is 4.80. The van der Waals surface area contributed by atoms with Gasteiger partial charge in [-0.3, -0.25) is 4.57 Å². The van der Waals surface area contributed by atoms with Crippen LogP contribution >= 0.6 is 15.9 Å². The van der Waals surface area contributed by atoms with E-state index in [2.05, 4.69) is 39.7 Å². The van der Waals surface area contributed by atoms with Crippen LogP contribution in [-0.2, 0) is 6.54 Å². The second-order valence-corrected chi connectivity index (χ2v) is 5.91. The van der Waals surface area contributed by atoms with Crippen molar-refractivity contribution in [2.45, 2.75) is 46.1 Å². The minimum atomic E-state index is 0.565. The second-order valence-electron chi connectivity index (χ2n) is 4.99. The molecule has 19 heavy (non-hydrogen) atoms. The third-order valence-electron chi connectivity index (χ3n) is 3.57. The first kappa shape index (κ1) is 14.3. The minimum absolute atomic E-state index is 0.565. The normalized spacial score (nSPS) is 13.0. The van der Waals surface area contributed by atoms with Gasteiger partial charge in [0.2, 0.25) is 5.95 Å². The summed E-state index contributed by atoms with van der Waals surface area (Å²) in [6.07, 6.45) is 6.71. The molecule has 0 aromatic carbocycles. The standard InChI is InChI=1S/C14H21BrN4/c1-3-5-6-10(4-2)9-19-13-12(18-14(19)16)7-11(15)8-17-13/h7-8,10H,3-6,9H2,1-2H3,(H2,16,18). The summed E-state index contributed by atoms with van der Waals surface area (Å²) in [6, 6.07) is 1.96. The molecule has 5 heteroatoms. The number of halogens is 1. The predicted molar refractivity (Wildman–Crippen MR) is 82.9 cm³/mol. The summed E-state index contributed by atoms with van der Waals surface area (Å²) in [7, 11) is 0. The number of nitrogen functional groups attached to an aromatic ring is 1. The van der Waals surface area contributed by atoms with Crippen molar-refractivity contribution in [3.05, 3.63) is 16.7 Å². The molecule has 0 aliphatic carbocycles. The van der Waals surface area contributed by atoms with Crippen molar-refractivity contribution in [2.75, 3.05) is 5.73 Å². The molecule has 2 aromatic rings. The van der Waals surface area contributed by atoms with Crippen molar-refractivity contribution in [2.24, 2.45) is 5.92 Å². The van der Waals surface area contributed by atoms with Gasteiger partial charge >= 0.3 is 0 Å². The van der Waals surface area contributed by atoms with Crippen LogP contribution in [0.4, 0.5) is 5.95 Å². The van der Waals surface area contributed by atoms with Crippen molar-refractivity contribution in [3.8, 4) is 0 Å². The molecule has 0 saturated heterocycles. The van der Waals surface area contributed by atoms with E-state index >= 15 is 0 Å². The summed E-state index contributed by atoms with van der Waals surface area (Å²) in [5.41, 5.74) is 7.78. The van der Waals surface area contributed by atoms with Crippen LogP contribution in [0.15, 0.2) is 16.7 Å². The van der Waals surface area contributed by atoms with Crippen molar-refractivity contribution < 1.29 is 0 Å². The van der Waals surface area contributed by atoms with Crippen molar-refractivity contribution in [1.29, 1.82) is 0 Å². The minimum Gasteiger partial charge on any atom is -0.369 e. The van der Waals surface area contributed by atoms with Gasteiger partial charge in [0.25, 0.3) is 0 Å². The first-order valence-corrected chi connectivity index (χ1v) is 7.72. The van der Waals surface area contributed by atoms with Gasteiger partial charge in [-0.25, -0.2) is 9.97 Å². The van der Waals surface area contributed by atoms with Crippen molar-refractivity contribution >= 4 is 33.0 Å². The smallest absolute Gasteiger partial charge is 0.202 e. The quantitative estimate of drug-likeness (QED) is 0.873. The van der Waals surface area contributed by atoms with Crippen LogP contribution in [0.1, 0.15) is 39.5 Å². The molecule has 2 aromatic heterocycles. The summed E-state index contributed by atoms with van der Waals surface area (Å²) in [6.45, 7) is 5.37. The van der Waals surface area contributed by atoms with Crippen LogP contribution in [0.5, 0.6) is 0 Å². The molecule has 0 radical (unpaired) electrons. The Morgan fingerprint density at radius 3 is 2.89 bits per heavy atom. The Hall–Kier alpha value is -1.10. The molecular formula is C14H21BrN4. The van der Waals surface area contributed by atoms with E-state index in [9.17, 15) is 0 Å². The van der Waals surface area contributed by atoms with Crippen molar-refractivity contribution in [1.82, 2.24) is 14.5 Å². The fourth-order valence-electron chi connectivity index (χ4n) is 2.36. The van der Waals surface area contributed by atoms with Crippen molar-refractivity contribution in [3.63, 3.8) is 0 Å². The number of hydrogen-bond donors (Lipinski definition) is 1. The summed E-state index contributed by atoms with van der Waals surface area (Å²) in [5.74, 6) is 1.21. The molecule has 0 saturated carbocycles. The number of hydrogen-bond acceptors (Lipinski definition) is 3. The highest BCUT2D eigenvalue weighted by molar-refractivity contribution is 9.10. The molecule has 2 N–H and O–H groups in total. The Morgan fingerprint density at radius 1 is 1.42 bits per heavy atom. The summed E-state index contributed by atoms with van der Waals surface area (Å²) >= 11 is 3.41. The Balaban J connectivity index is 2.26. The lowest BCUT2D eigenvalue weighted by molar-refractivity contribution is 0.397. The third-order valence-corrected chi connectivity index (χ3v) is 4.00. The maximum absolute atomic E-state index is 6.03. The number of nitrogens with zero attached hydrogens (tertiary/aromatic N) is 3. The Morgan fingerprint density at radius 2 is 2.21 bits per heavy atom. The van der Waals surface area contributed by atoms with Gasteiger partial charge in [-0.2, -0.15) is 0 Å². The topological polar surface area (TPSA) is 56.7 Å². The molecule has 1 unspecified atom stereocenters. The van der Waals surface area contributed by atoms with Crippen LogP contribution in [0.3, 0.4) is 0 Å². The molecule has 0 amide bonds. The number of aromatic nitrogens is 3. The monoisotopic (exact) mass is 324 g/mol. The lowest BCUT2D eigenvalue weighted by Gasteiger charge is -2.16. The second kappa shape index (κ2) is 6.37. The van der Waals surface area contributed by atoms with E-state index in [1.54, 1.807) is 6.20 Å². The van der Waals surface area contributed by atoms with E-state index in [0.717, 1.165) is 28.6 Å². The average molecular weight is 325 g/mol. The van der Waals surface area contributed by atoms with Crippen LogP contribution in [0.25, 0.3) is 11.2 Å². The zero-order valence-electron chi connectivity index (χ0n) is 11.6. The maximum Gasteiger partial charge on any atom is 0.202 e. The number of nitrogens with two attached hydrogens (primary N) is 1. The largest absolute Gasteiger partial charge is 0.369 e. The van der Waals surface area contributed by atoms with Gasteiger partial charge in [0.15, 0.2) is 5.65 Å². The molecule has 0 bridgehead atoms. The Bertz CT molecular complexity index is 550. The van der Waals surface area contributed by atoms with Gasteiger partial charge in [-0.05, 0) is 34.3 Å². The average Bonchev–Trinajstić information content (AvgIpc) is 2.69. The van der Waals surface area contributed by atoms with E-state index in [0.29, 0.717) is 11.9 Å². The van der Waals surface area contributed by atoms with E-state index in [1.807, 2.05) is 10.6 Å². The highest BCUT2D eigenvalue weighted by Crippen LogP contribution is 2.23. The molecule has 0 fully saturated rings. The predicted octanol–water partition coefficient (Wildman–Crippen LogP) is 3.99. The van der Waals surface area contributed by atoms with Crippen LogP contribution in [-0.4, -0.2) is 14.5 Å². The molecule has 1 atom stereocenters. The molecule has 2 rings (SSSR count). The summed E-state index contributed by atoms with van der Waals surface area (Å²) < 4.78 is 2.98. The lowest BCUT2D eigenvalue weighted by atomic mass is 9.99. The SMILES string of the molecule is CCCCC(CC)Cn1c(N)nc2cc(Br)cnc21. The molecule has 4 nitrogen and oxygen atoms in total.